The largest absolute Gasteiger partial charge is 0.508 e. The molecule has 4 heteroatoms. The Kier molecular flexibility index (Phi) is 5.62. The van der Waals surface area contributed by atoms with Gasteiger partial charge in [0.1, 0.15) is 5.75 Å². The minimum absolute atomic E-state index is 0.113. The van der Waals surface area contributed by atoms with Crippen LogP contribution < -0.4 is 5.32 Å². The third-order valence-corrected chi connectivity index (χ3v) is 4.13. The molecule has 2 rings (SSSR count). The van der Waals surface area contributed by atoms with Crippen LogP contribution in [0.3, 0.4) is 0 Å². The first kappa shape index (κ1) is 15.8. The zero-order chi connectivity index (χ0) is 15.2. The Balaban J connectivity index is 1.74. The van der Waals surface area contributed by atoms with Crippen LogP contribution in [0.4, 0.5) is 0 Å². The molecule has 2 N–H and O–H groups in total. The van der Waals surface area contributed by atoms with Crippen molar-refractivity contribution in [3.63, 3.8) is 0 Å². The fourth-order valence-electron chi connectivity index (χ4n) is 2.84. The molecule has 0 bridgehead atoms. The predicted molar refractivity (Wildman–Crippen MR) is 84.3 cm³/mol. The Morgan fingerprint density at radius 2 is 1.86 bits per heavy atom. The second-order valence-electron chi connectivity index (χ2n) is 6.03. The van der Waals surface area contributed by atoms with Crippen LogP contribution in [-0.2, 0) is 11.2 Å². The van der Waals surface area contributed by atoms with Crippen molar-refractivity contribution in [3.05, 3.63) is 29.8 Å². The van der Waals surface area contributed by atoms with E-state index in [9.17, 15) is 9.90 Å². The molecule has 1 aliphatic heterocycles. The Labute approximate surface area is 127 Å². The van der Waals surface area contributed by atoms with Gasteiger partial charge in [-0.1, -0.05) is 12.1 Å². The van der Waals surface area contributed by atoms with E-state index in [4.69, 9.17) is 0 Å². The van der Waals surface area contributed by atoms with Crippen LogP contribution >= 0.6 is 0 Å². The van der Waals surface area contributed by atoms with E-state index in [2.05, 4.69) is 12.2 Å². The van der Waals surface area contributed by atoms with Crippen molar-refractivity contribution in [2.24, 2.45) is 0 Å². The minimum Gasteiger partial charge on any atom is -0.508 e. The van der Waals surface area contributed by atoms with E-state index >= 15 is 0 Å². The number of amides is 1. The Bertz CT molecular complexity index is 452. The number of carbonyl (C=O) groups excluding carboxylic acids is 1. The Hall–Kier alpha value is -1.55. The van der Waals surface area contributed by atoms with Gasteiger partial charge < -0.3 is 15.3 Å². The Morgan fingerprint density at radius 1 is 1.24 bits per heavy atom. The van der Waals surface area contributed by atoms with Crippen LogP contribution in [0.15, 0.2) is 24.3 Å². The first-order chi connectivity index (χ1) is 10.1. The van der Waals surface area contributed by atoms with E-state index in [1.807, 2.05) is 24.0 Å². The molecule has 21 heavy (non-hydrogen) atoms. The fraction of sp³-hybridized carbons (Fsp3) is 0.588. The van der Waals surface area contributed by atoms with E-state index in [1.54, 1.807) is 12.1 Å². The monoisotopic (exact) mass is 290 g/mol. The fourth-order valence-corrected chi connectivity index (χ4v) is 2.84. The summed E-state index contributed by atoms with van der Waals surface area (Å²) in [6, 6.07) is 7.50. The highest BCUT2D eigenvalue weighted by Gasteiger charge is 2.23. The standard InChI is InChI=1S/C17H26N2O2/c1-13(5-6-15-7-9-16(20)10-8-15)18-14(2)17(21)19-11-3-4-12-19/h7-10,13-14,18,20H,3-6,11-12H2,1-2H3. The van der Waals surface area contributed by atoms with Gasteiger partial charge in [-0.15, -0.1) is 0 Å². The van der Waals surface area contributed by atoms with Gasteiger partial charge in [0.05, 0.1) is 6.04 Å². The molecule has 2 atom stereocenters. The smallest absolute Gasteiger partial charge is 0.239 e. The Morgan fingerprint density at radius 3 is 2.48 bits per heavy atom. The van der Waals surface area contributed by atoms with Crippen LogP contribution in [0.2, 0.25) is 0 Å². The molecule has 0 saturated carbocycles. The molecule has 4 nitrogen and oxygen atoms in total. The van der Waals surface area contributed by atoms with Gasteiger partial charge in [-0.05, 0) is 57.2 Å². The molecule has 1 heterocycles. The van der Waals surface area contributed by atoms with E-state index < -0.39 is 0 Å². The lowest BCUT2D eigenvalue weighted by Crippen LogP contribution is -2.46. The molecule has 0 aliphatic carbocycles. The van der Waals surface area contributed by atoms with Crippen molar-refractivity contribution >= 4 is 5.91 Å². The van der Waals surface area contributed by atoms with Crippen molar-refractivity contribution < 1.29 is 9.90 Å². The third kappa shape index (κ3) is 4.74. The summed E-state index contributed by atoms with van der Waals surface area (Å²) < 4.78 is 0. The number of hydrogen-bond acceptors (Lipinski definition) is 3. The molecule has 1 amide bonds. The van der Waals surface area contributed by atoms with Crippen molar-refractivity contribution in [3.8, 4) is 5.75 Å². The summed E-state index contributed by atoms with van der Waals surface area (Å²) >= 11 is 0. The van der Waals surface area contributed by atoms with Gasteiger partial charge in [-0.25, -0.2) is 0 Å². The van der Waals surface area contributed by atoms with Crippen LogP contribution in [0.1, 0.15) is 38.7 Å². The van der Waals surface area contributed by atoms with Gasteiger partial charge in [0.2, 0.25) is 5.91 Å². The molecule has 0 spiro atoms. The number of rotatable bonds is 6. The molecule has 116 valence electrons. The predicted octanol–water partition coefficient (Wildman–Crippen LogP) is 2.31. The number of nitrogens with one attached hydrogen (secondary N) is 1. The summed E-state index contributed by atoms with van der Waals surface area (Å²) in [5.41, 5.74) is 1.21. The average Bonchev–Trinajstić information content (AvgIpc) is 3.00. The van der Waals surface area contributed by atoms with Crippen LogP contribution in [0.25, 0.3) is 0 Å². The molecule has 1 aliphatic rings. The number of phenolic OH excluding ortho intramolecular Hbond substituents is 1. The summed E-state index contributed by atoms with van der Waals surface area (Å²) in [5.74, 6) is 0.527. The molecule has 1 fully saturated rings. The van der Waals surface area contributed by atoms with Gasteiger partial charge in [0.25, 0.3) is 0 Å². The van der Waals surface area contributed by atoms with E-state index in [0.717, 1.165) is 38.8 Å². The molecule has 0 aromatic heterocycles. The summed E-state index contributed by atoms with van der Waals surface area (Å²) in [6.07, 6.45) is 4.19. The van der Waals surface area contributed by atoms with Gasteiger partial charge in [-0.2, -0.15) is 0 Å². The van der Waals surface area contributed by atoms with Gasteiger partial charge in [0, 0.05) is 19.1 Å². The van der Waals surface area contributed by atoms with Gasteiger partial charge >= 0.3 is 0 Å². The lowest BCUT2D eigenvalue weighted by molar-refractivity contribution is -0.132. The zero-order valence-corrected chi connectivity index (χ0v) is 13.0. The van der Waals surface area contributed by atoms with Crippen molar-refractivity contribution in [2.45, 2.75) is 51.6 Å². The summed E-state index contributed by atoms with van der Waals surface area (Å²) in [7, 11) is 0. The van der Waals surface area contributed by atoms with E-state index in [-0.39, 0.29) is 11.9 Å². The highest BCUT2D eigenvalue weighted by atomic mass is 16.3. The molecule has 1 aromatic carbocycles. The number of phenols is 1. The number of aromatic hydroxyl groups is 1. The number of benzene rings is 1. The summed E-state index contributed by atoms with van der Waals surface area (Å²) in [5, 5.41) is 12.7. The average molecular weight is 290 g/mol. The lowest BCUT2D eigenvalue weighted by Gasteiger charge is -2.24. The summed E-state index contributed by atoms with van der Waals surface area (Å²) in [6.45, 7) is 5.89. The second kappa shape index (κ2) is 7.46. The molecule has 1 saturated heterocycles. The second-order valence-corrected chi connectivity index (χ2v) is 6.03. The maximum absolute atomic E-state index is 12.2. The molecule has 1 aromatic rings. The van der Waals surface area contributed by atoms with E-state index in [1.165, 1.54) is 5.56 Å². The molecule has 0 radical (unpaired) electrons. The van der Waals surface area contributed by atoms with Crippen molar-refractivity contribution in [1.82, 2.24) is 10.2 Å². The number of aryl methyl sites for hydroxylation is 1. The van der Waals surface area contributed by atoms with Crippen molar-refractivity contribution in [2.75, 3.05) is 13.1 Å². The number of likely N-dealkylation sites (tertiary alicyclic amines) is 1. The van der Waals surface area contributed by atoms with E-state index in [0.29, 0.717) is 11.8 Å². The quantitative estimate of drug-likeness (QED) is 0.845. The molecular weight excluding hydrogens is 264 g/mol. The number of hydrogen-bond donors (Lipinski definition) is 2. The maximum Gasteiger partial charge on any atom is 0.239 e. The summed E-state index contributed by atoms with van der Waals surface area (Å²) in [4.78, 5) is 14.2. The first-order valence-corrected chi connectivity index (χ1v) is 7.89. The lowest BCUT2D eigenvalue weighted by atomic mass is 10.1. The van der Waals surface area contributed by atoms with Crippen molar-refractivity contribution in [1.29, 1.82) is 0 Å². The normalized spacial score (nSPS) is 17.7. The molecule has 2 unspecified atom stereocenters. The maximum atomic E-state index is 12.2. The SMILES string of the molecule is CC(CCc1ccc(O)cc1)NC(C)C(=O)N1CCCC1. The highest BCUT2D eigenvalue weighted by molar-refractivity contribution is 5.81. The molecular formula is C17H26N2O2. The zero-order valence-electron chi connectivity index (χ0n) is 13.0. The van der Waals surface area contributed by atoms with Gasteiger partial charge in [0.15, 0.2) is 0 Å². The topological polar surface area (TPSA) is 52.6 Å². The first-order valence-electron chi connectivity index (χ1n) is 7.89. The minimum atomic E-state index is -0.113. The van der Waals surface area contributed by atoms with Crippen LogP contribution in [-0.4, -0.2) is 41.1 Å². The van der Waals surface area contributed by atoms with Crippen LogP contribution in [0.5, 0.6) is 5.75 Å². The number of nitrogens with zero attached hydrogens (tertiary/aromatic N) is 1. The number of carbonyl (C=O) groups is 1. The third-order valence-electron chi connectivity index (χ3n) is 4.13. The highest BCUT2D eigenvalue weighted by Crippen LogP contribution is 2.13. The van der Waals surface area contributed by atoms with Gasteiger partial charge in [-0.3, -0.25) is 4.79 Å². The van der Waals surface area contributed by atoms with Crippen LogP contribution in [0, 0.1) is 0 Å².